The number of anilines is 1. The van der Waals surface area contributed by atoms with Gasteiger partial charge in [0.25, 0.3) is 5.56 Å². The number of hydrogen-bond acceptors (Lipinski definition) is 5. The standard InChI is InChI=1S/C16H11BrClN3O3/c17-9-1-4-14-20-11(6-15(22)21(14)7-9)8-24-16(23)12-5-10(18)2-3-13(12)19/h1-7H,8,19H2. The number of benzene rings is 1. The van der Waals surface area contributed by atoms with Crippen LogP contribution in [0.2, 0.25) is 5.02 Å². The molecule has 2 N–H and O–H groups in total. The van der Waals surface area contributed by atoms with Gasteiger partial charge in [0.2, 0.25) is 0 Å². The Morgan fingerprint density at radius 1 is 1.29 bits per heavy atom. The van der Waals surface area contributed by atoms with Crippen LogP contribution in [0.4, 0.5) is 5.69 Å². The third-order valence-electron chi connectivity index (χ3n) is 3.26. The molecule has 122 valence electrons. The van der Waals surface area contributed by atoms with Gasteiger partial charge >= 0.3 is 5.97 Å². The van der Waals surface area contributed by atoms with Crippen LogP contribution < -0.4 is 11.3 Å². The van der Waals surface area contributed by atoms with Crippen molar-refractivity contribution in [2.75, 3.05) is 5.73 Å². The van der Waals surface area contributed by atoms with Gasteiger partial charge in [0.15, 0.2) is 0 Å². The Kier molecular flexibility index (Phi) is 4.55. The van der Waals surface area contributed by atoms with Crippen molar-refractivity contribution in [1.29, 1.82) is 0 Å². The summed E-state index contributed by atoms with van der Waals surface area (Å²) < 4.78 is 7.33. The molecule has 2 aromatic heterocycles. The number of aromatic nitrogens is 2. The average Bonchev–Trinajstić information content (AvgIpc) is 2.55. The molecule has 0 saturated carbocycles. The van der Waals surface area contributed by atoms with E-state index < -0.39 is 5.97 Å². The molecule has 0 aliphatic carbocycles. The third kappa shape index (κ3) is 3.42. The van der Waals surface area contributed by atoms with Gasteiger partial charge in [-0.25, -0.2) is 9.78 Å². The van der Waals surface area contributed by atoms with E-state index in [9.17, 15) is 9.59 Å². The molecule has 0 radical (unpaired) electrons. The maximum atomic E-state index is 12.1. The first-order valence-electron chi connectivity index (χ1n) is 6.84. The van der Waals surface area contributed by atoms with Crippen molar-refractivity contribution in [1.82, 2.24) is 9.38 Å². The van der Waals surface area contributed by atoms with Crippen LogP contribution in [0.15, 0.2) is 51.9 Å². The highest BCUT2D eigenvalue weighted by Crippen LogP contribution is 2.19. The van der Waals surface area contributed by atoms with Gasteiger partial charge in [0.1, 0.15) is 12.3 Å². The van der Waals surface area contributed by atoms with E-state index >= 15 is 0 Å². The molecule has 0 aliphatic heterocycles. The van der Waals surface area contributed by atoms with E-state index in [1.165, 1.54) is 22.6 Å². The van der Waals surface area contributed by atoms with Gasteiger partial charge in [0.05, 0.1) is 11.3 Å². The summed E-state index contributed by atoms with van der Waals surface area (Å²) in [6, 6.07) is 9.30. The van der Waals surface area contributed by atoms with Gasteiger partial charge in [-0.3, -0.25) is 9.20 Å². The molecule has 0 amide bonds. The second-order valence-electron chi connectivity index (χ2n) is 4.97. The molecule has 2 heterocycles. The van der Waals surface area contributed by atoms with Crippen molar-refractivity contribution in [3.63, 3.8) is 0 Å². The van der Waals surface area contributed by atoms with Gasteiger partial charge in [0, 0.05) is 27.4 Å². The maximum Gasteiger partial charge on any atom is 0.340 e. The second-order valence-corrected chi connectivity index (χ2v) is 6.32. The molecule has 0 bridgehead atoms. The van der Waals surface area contributed by atoms with Crippen molar-refractivity contribution < 1.29 is 9.53 Å². The maximum absolute atomic E-state index is 12.1. The summed E-state index contributed by atoms with van der Waals surface area (Å²) >= 11 is 9.15. The lowest BCUT2D eigenvalue weighted by molar-refractivity contribution is 0.0469. The minimum atomic E-state index is -0.632. The van der Waals surface area contributed by atoms with Crippen molar-refractivity contribution in [3.8, 4) is 0 Å². The first-order chi connectivity index (χ1) is 11.4. The third-order valence-corrected chi connectivity index (χ3v) is 3.97. The van der Waals surface area contributed by atoms with E-state index in [1.54, 1.807) is 24.4 Å². The van der Waals surface area contributed by atoms with Crippen LogP contribution in [0, 0.1) is 0 Å². The number of ether oxygens (including phenoxy) is 1. The Labute approximate surface area is 150 Å². The molecule has 6 nitrogen and oxygen atoms in total. The fourth-order valence-electron chi connectivity index (χ4n) is 2.12. The molecule has 0 saturated heterocycles. The van der Waals surface area contributed by atoms with Crippen LogP contribution >= 0.6 is 27.5 Å². The van der Waals surface area contributed by atoms with Crippen LogP contribution in [0.25, 0.3) is 5.65 Å². The number of nitrogens with zero attached hydrogens (tertiary/aromatic N) is 2. The summed E-state index contributed by atoms with van der Waals surface area (Å²) in [5.74, 6) is -0.632. The van der Waals surface area contributed by atoms with Crippen molar-refractivity contribution >= 4 is 44.8 Å². The Morgan fingerprint density at radius 3 is 2.88 bits per heavy atom. The normalized spacial score (nSPS) is 10.8. The first kappa shape index (κ1) is 16.5. The zero-order valence-corrected chi connectivity index (χ0v) is 14.5. The molecule has 3 aromatic rings. The van der Waals surface area contributed by atoms with Crippen molar-refractivity contribution in [3.05, 3.63) is 73.7 Å². The lowest BCUT2D eigenvalue weighted by Crippen LogP contribution is -2.17. The summed E-state index contributed by atoms with van der Waals surface area (Å²) in [7, 11) is 0. The van der Waals surface area contributed by atoms with Crippen LogP contribution in [0.3, 0.4) is 0 Å². The molecule has 3 rings (SSSR count). The Hall–Kier alpha value is -2.38. The molecule has 0 unspecified atom stereocenters. The molecule has 0 spiro atoms. The summed E-state index contributed by atoms with van der Waals surface area (Å²) in [6.45, 7) is -0.146. The molecule has 0 fully saturated rings. The molecule has 24 heavy (non-hydrogen) atoms. The minimum absolute atomic E-state index is 0.146. The predicted octanol–water partition coefficient (Wildman–Crippen LogP) is 3.05. The Bertz CT molecular complexity index is 1000. The summed E-state index contributed by atoms with van der Waals surface area (Å²) in [5.41, 5.74) is 6.71. The van der Waals surface area contributed by atoms with E-state index in [0.29, 0.717) is 16.4 Å². The van der Waals surface area contributed by atoms with E-state index in [4.69, 9.17) is 22.1 Å². The van der Waals surface area contributed by atoms with Crippen LogP contribution in [-0.2, 0) is 11.3 Å². The number of esters is 1. The Morgan fingerprint density at radius 2 is 2.08 bits per heavy atom. The lowest BCUT2D eigenvalue weighted by Gasteiger charge is -2.08. The topological polar surface area (TPSA) is 86.7 Å². The number of fused-ring (bicyclic) bond motifs is 1. The van der Waals surface area contributed by atoms with E-state index in [2.05, 4.69) is 20.9 Å². The molecule has 8 heteroatoms. The fraction of sp³-hybridized carbons (Fsp3) is 0.0625. The first-order valence-corrected chi connectivity index (χ1v) is 8.01. The SMILES string of the molecule is Nc1ccc(Cl)cc1C(=O)OCc1cc(=O)n2cc(Br)ccc2n1. The summed E-state index contributed by atoms with van der Waals surface area (Å²) in [4.78, 5) is 28.5. The Balaban J connectivity index is 1.83. The van der Waals surface area contributed by atoms with Crippen LogP contribution in [0.1, 0.15) is 16.1 Å². The highest BCUT2D eigenvalue weighted by molar-refractivity contribution is 9.10. The van der Waals surface area contributed by atoms with Gasteiger partial charge in [-0.2, -0.15) is 0 Å². The van der Waals surface area contributed by atoms with Gasteiger partial charge in [-0.15, -0.1) is 0 Å². The average molecular weight is 409 g/mol. The molecular weight excluding hydrogens is 398 g/mol. The molecule has 0 aliphatic rings. The number of hydrogen-bond donors (Lipinski definition) is 1. The highest BCUT2D eigenvalue weighted by atomic mass is 79.9. The van der Waals surface area contributed by atoms with Gasteiger partial charge in [-0.05, 0) is 46.3 Å². The van der Waals surface area contributed by atoms with E-state index in [1.807, 2.05) is 0 Å². The molecule has 0 atom stereocenters. The molecule has 1 aromatic carbocycles. The number of halogens is 2. The number of pyridine rings is 1. The van der Waals surface area contributed by atoms with Crippen LogP contribution in [0.5, 0.6) is 0 Å². The number of rotatable bonds is 3. The number of carbonyl (C=O) groups is 1. The quantitative estimate of drug-likeness (QED) is 0.532. The van der Waals surface area contributed by atoms with Crippen LogP contribution in [-0.4, -0.2) is 15.4 Å². The predicted molar refractivity (Wildman–Crippen MR) is 94.1 cm³/mol. The van der Waals surface area contributed by atoms with Crippen molar-refractivity contribution in [2.24, 2.45) is 0 Å². The van der Waals surface area contributed by atoms with Crippen molar-refractivity contribution in [2.45, 2.75) is 6.61 Å². The second kappa shape index (κ2) is 6.62. The van der Waals surface area contributed by atoms with E-state index in [-0.39, 0.29) is 23.4 Å². The molecular formula is C16H11BrClN3O3. The summed E-state index contributed by atoms with van der Waals surface area (Å²) in [6.07, 6.45) is 1.62. The zero-order chi connectivity index (χ0) is 17.3. The van der Waals surface area contributed by atoms with Gasteiger partial charge < -0.3 is 10.5 Å². The largest absolute Gasteiger partial charge is 0.456 e. The minimum Gasteiger partial charge on any atom is -0.456 e. The zero-order valence-electron chi connectivity index (χ0n) is 12.2. The highest BCUT2D eigenvalue weighted by Gasteiger charge is 2.13. The smallest absolute Gasteiger partial charge is 0.340 e. The number of nitrogen functional groups attached to an aromatic ring is 1. The lowest BCUT2D eigenvalue weighted by atomic mass is 10.2. The van der Waals surface area contributed by atoms with Gasteiger partial charge in [-0.1, -0.05) is 11.6 Å². The van der Waals surface area contributed by atoms with E-state index in [0.717, 1.165) is 4.47 Å². The number of carbonyl (C=O) groups excluding carboxylic acids is 1. The fourth-order valence-corrected chi connectivity index (χ4v) is 2.63. The summed E-state index contributed by atoms with van der Waals surface area (Å²) in [5, 5.41) is 0.379. The number of nitrogens with two attached hydrogens (primary N) is 1. The monoisotopic (exact) mass is 407 g/mol.